The van der Waals surface area contributed by atoms with Crippen molar-refractivity contribution < 1.29 is 9.90 Å². The largest absolute Gasteiger partial charge is 0.508 e. The van der Waals surface area contributed by atoms with E-state index >= 15 is 0 Å². The summed E-state index contributed by atoms with van der Waals surface area (Å²) in [6.45, 7) is 11.1. The molecule has 0 fully saturated rings. The summed E-state index contributed by atoms with van der Waals surface area (Å²) in [4.78, 5) is 14.1. The van der Waals surface area contributed by atoms with Gasteiger partial charge in [-0.3, -0.25) is 4.79 Å². The van der Waals surface area contributed by atoms with E-state index in [2.05, 4.69) is 27.7 Å². The van der Waals surface area contributed by atoms with Crippen molar-refractivity contribution in [2.24, 2.45) is 11.3 Å². The highest BCUT2D eigenvalue weighted by atomic mass is 16.3. The van der Waals surface area contributed by atoms with E-state index in [0.29, 0.717) is 18.9 Å². The first-order chi connectivity index (χ1) is 8.75. The molecule has 3 nitrogen and oxygen atoms in total. The van der Waals surface area contributed by atoms with E-state index in [1.165, 1.54) is 0 Å². The normalized spacial score (nSPS) is 13.1. The standard InChI is InChI=1S/C16H25NO2/c1-6-17(13-8-7-9-14(18)11-13)15(19)10-12(2)16(3,4)5/h7-9,11-12,18H,6,10H2,1-5H3. The van der Waals surface area contributed by atoms with Crippen molar-refractivity contribution in [2.45, 2.75) is 41.0 Å². The van der Waals surface area contributed by atoms with Crippen LogP contribution in [0.1, 0.15) is 41.0 Å². The lowest BCUT2D eigenvalue weighted by Crippen LogP contribution is -2.33. The van der Waals surface area contributed by atoms with Crippen LogP contribution in [0.3, 0.4) is 0 Å². The molecule has 1 rings (SSSR count). The number of anilines is 1. The molecule has 1 amide bonds. The number of phenolic OH excluding ortho intramolecular Hbond substituents is 1. The molecule has 0 radical (unpaired) electrons. The molecule has 1 N–H and O–H groups in total. The van der Waals surface area contributed by atoms with Crippen LogP contribution in [0.25, 0.3) is 0 Å². The minimum Gasteiger partial charge on any atom is -0.508 e. The summed E-state index contributed by atoms with van der Waals surface area (Å²) in [5, 5.41) is 9.51. The Kier molecular flexibility index (Phi) is 4.98. The lowest BCUT2D eigenvalue weighted by molar-refractivity contribution is -0.120. The first kappa shape index (κ1) is 15.5. The molecule has 3 heteroatoms. The van der Waals surface area contributed by atoms with E-state index in [1.807, 2.05) is 13.0 Å². The van der Waals surface area contributed by atoms with E-state index in [-0.39, 0.29) is 17.1 Å². The first-order valence-electron chi connectivity index (χ1n) is 6.85. The third kappa shape index (κ3) is 4.27. The van der Waals surface area contributed by atoms with E-state index < -0.39 is 0 Å². The van der Waals surface area contributed by atoms with Gasteiger partial charge in [0.2, 0.25) is 5.91 Å². The SMILES string of the molecule is CCN(C(=O)CC(C)C(C)(C)C)c1cccc(O)c1. The van der Waals surface area contributed by atoms with Gasteiger partial charge in [-0.2, -0.15) is 0 Å². The van der Waals surface area contributed by atoms with Crippen molar-refractivity contribution in [3.05, 3.63) is 24.3 Å². The summed E-state index contributed by atoms with van der Waals surface area (Å²) < 4.78 is 0. The maximum absolute atomic E-state index is 12.4. The summed E-state index contributed by atoms with van der Waals surface area (Å²) in [5.74, 6) is 0.606. The Morgan fingerprint density at radius 3 is 2.47 bits per heavy atom. The number of aromatic hydroxyl groups is 1. The molecule has 0 aliphatic carbocycles. The van der Waals surface area contributed by atoms with Gasteiger partial charge in [0.05, 0.1) is 0 Å². The number of rotatable bonds is 4. The number of benzene rings is 1. The highest BCUT2D eigenvalue weighted by Crippen LogP contribution is 2.29. The van der Waals surface area contributed by atoms with Crippen molar-refractivity contribution in [2.75, 3.05) is 11.4 Å². The van der Waals surface area contributed by atoms with E-state index in [1.54, 1.807) is 23.1 Å². The summed E-state index contributed by atoms with van der Waals surface area (Å²) >= 11 is 0. The lowest BCUT2D eigenvalue weighted by Gasteiger charge is -2.29. The van der Waals surface area contributed by atoms with E-state index in [0.717, 1.165) is 5.69 Å². The van der Waals surface area contributed by atoms with Gasteiger partial charge >= 0.3 is 0 Å². The van der Waals surface area contributed by atoms with Gasteiger partial charge < -0.3 is 10.0 Å². The molecule has 106 valence electrons. The molecule has 0 heterocycles. The predicted molar refractivity (Wildman–Crippen MR) is 79.4 cm³/mol. The fourth-order valence-corrected chi connectivity index (χ4v) is 1.84. The molecular weight excluding hydrogens is 238 g/mol. The Morgan fingerprint density at radius 1 is 1.37 bits per heavy atom. The maximum atomic E-state index is 12.4. The Morgan fingerprint density at radius 2 is 2.00 bits per heavy atom. The van der Waals surface area contributed by atoms with Crippen LogP contribution in [0.2, 0.25) is 0 Å². The number of phenols is 1. The van der Waals surface area contributed by atoms with Gasteiger partial charge in [-0.1, -0.05) is 33.8 Å². The molecule has 0 aliphatic heterocycles. The van der Waals surface area contributed by atoms with E-state index in [9.17, 15) is 9.90 Å². The van der Waals surface area contributed by atoms with Gasteiger partial charge in [-0.15, -0.1) is 0 Å². The quantitative estimate of drug-likeness (QED) is 0.897. The highest BCUT2D eigenvalue weighted by molar-refractivity contribution is 5.93. The number of nitrogens with zero attached hydrogens (tertiary/aromatic N) is 1. The van der Waals surface area contributed by atoms with Crippen LogP contribution in [0.4, 0.5) is 5.69 Å². The minimum absolute atomic E-state index is 0.107. The smallest absolute Gasteiger partial charge is 0.227 e. The van der Waals surface area contributed by atoms with Crippen LogP contribution in [-0.4, -0.2) is 17.6 Å². The third-order valence-corrected chi connectivity index (χ3v) is 3.72. The zero-order valence-corrected chi connectivity index (χ0v) is 12.6. The minimum atomic E-state index is 0.107. The van der Waals surface area contributed by atoms with Gasteiger partial charge in [-0.25, -0.2) is 0 Å². The molecule has 1 aromatic carbocycles. The van der Waals surface area contributed by atoms with Gasteiger partial charge in [0.1, 0.15) is 5.75 Å². The van der Waals surface area contributed by atoms with Crippen LogP contribution in [0, 0.1) is 11.3 Å². The number of hydrogen-bond acceptors (Lipinski definition) is 2. The molecule has 0 aromatic heterocycles. The number of carbonyl (C=O) groups excluding carboxylic acids is 1. The van der Waals surface area contributed by atoms with Crippen molar-refractivity contribution >= 4 is 11.6 Å². The van der Waals surface area contributed by atoms with Crippen molar-refractivity contribution in [3.8, 4) is 5.75 Å². The second-order valence-corrected chi connectivity index (χ2v) is 6.13. The molecule has 19 heavy (non-hydrogen) atoms. The van der Waals surface area contributed by atoms with Crippen LogP contribution in [0.5, 0.6) is 5.75 Å². The number of hydrogen-bond donors (Lipinski definition) is 1. The van der Waals surface area contributed by atoms with Gasteiger partial charge in [-0.05, 0) is 30.4 Å². The average Bonchev–Trinajstić information content (AvgIpc) is 2.28. The highest BCUT2D eigenvalue weighted by Gasteiger charge is 2.25. The van der Waals surface area contributed by atoms with Crippen LogP contribution in [0.15, 0.2) is 24.3 Å². The number of carbonyl (C=O) groups is 1. The average molecular weight is 263 g/mol. The second-order valence-electron chi connectivity index (χ2n) is 6.13. The van der Waals surface area contributed by atoms with Crippen LogP contribution in [-0.2, 0) is 4.79 Å². The van der Waals surface area contributed by atoms with Crippen molar-refractivity contribution in [1.29, 1.82) is 0 Å². The maximum Gasteiger partial charge on any atom is 0.227 e. The van der Waals surface area contributed by atoms with Crippen LogP contribution >= 0.6 is 0 Å². The zero-order valence-electron chi connectivity index (χ0n) is 12.6. The van der Waals surface area contributed by atoms with Gasteiger partial charge in [0.15, 0.2) is 0 Å². The van der Waals surface area contributed by atoms with Crippen molar-refractivity contribution in [3.63, 3.8) is 0 Å². The van der Waals surface area contributed by atoms with Crippen molar-refractivity contribution in [1.82, 2.24) is 0 Å². The summed E-state index contributed by atoms with van der Waals surface area (Å²) in [6.07, 6.45) is 0.521. The molecule has 0 spiro atoms. The fraction of sp³-hybridized carbons (Fsp3) is 0.562. The Bertz CT molecular complexity index is 435. The Balaban J connectivity index is 2.84. The first-order valence-corrected chi connectivity index (χ1v) is 6.85. The topological polar surface area (TPSA) is 40.5 Å². The Hall–Kier alpha value is -1.51. The number of amides is 1. The molecule has 0 saturated carbocycles. The summed E-state index contributed by atoms with van der Waals surface area (Å²) in [5.41, 5.74) is 0.877. The van der Waals surface area contributed by atoms with E-state index in [4.69, 9.17) is 0 Å². The fourth-order valence-electron chi connectivity index (χ4n) is 1.84. The lowest BCUT2D eigenvalue weighted by atomic mass is 9.80. The van der Waals surface area contributed by atoms with Gasteiger partial charge in [0, 0.05) is 24.7 Å². The third-order valence-electron chi connectivity index (χ3n) is 3.72. The molecule has 0 bridgehead atoms. The molecule has 1 atom stereocenters. The van der Waals surface area contributed by atoms with Gasteiger partial charge in [0.25, 0.3) is 0 Å². The zero-order chi connectivity index (χ0) is 14.6. The van der Waals surface area contributed by atoms with Crippen LogP contribution < -0.4 is 4.90 Å². The molecule has 0 saturated heterocycles. The molecule has 1 unspecified atom stereocenters. The Labute approximate surface area is 116 Å². The molecule has 0 aliphatic rings. The summed E-state index contributed by atoms with van der Waals surface area (Å²) in [6, 6.07) is 6.85. The molecular formula is C16H25NO2. The monoisotopic (exact) mass is 263 g/mol. The second kappa shape index (κ2) is 6.09. The molecule has 1 aromatic rings. The predicted octanol–water partition coefficient (Wildman–Crippen LogP) is 3.82. The summed E-state index contributed by atoms with van der Waals surface area (Å²) in [7, 11) is 0.